The highest BCUT2D eigenvalue weighted by Crippen LogP contribution is 2.69. The summed E-state index contributed by atoms with van der Waals surface area (Å²) in [4.78, 5) is 0. The van der Waals surface area contributed by atoms with Gasteiger partial charge < -0.3 is 0 Å². The Bertz CT molecular complexity index is 698. The van der Waals surface area contributed by atoms with Gasteiger partial charge in [0, 0.05) is 0 Å². The standard InChI is InChI=1S/C22H24O3P/c1-22(2,3)26(23-19-13-7-4-8-14-19,24-20-15-9-5-10-16-20)25-21-17-11-6-12-18-21/h4-18H,1-3H3/q+1. The lowest BCUT2D eigenvalue weighted by atomic mass is 10.3. The maximum absolute atomic E-state index is 6.44. The molecule has 0 amide bonds. The van der Waals surface area contributed by atoms with Gasteiger partial charge in [0.2, 0.25) is 0 Å². The largest absolute Gasteiger partial charge is 0.547 e. The number of para-hydroxylation sites is 3. The fourth-order valence-electron chi connectivity index (χ4n) is 2.33. The van der Waals surface area contributed by atoms with E-state index in [-0.39, 0.29) is 5.16 Å². The minimum absolute atomic E-state index is 0.380. The quantitative estimate of drug-likeness (QED) is 0.449. The van der Waals surface area contributed by atoms with Gasteiger partial charge in [-0.25, -0.2) is 0 Å². The highest BCUT2D eigenvalue weighted by atomic mass is 31.2. The minimum atomic E-state index is -2.85. The first-order chi connectivity index (χ1) is 12.5. The molecule has 3 aromatic rings. The Balaban J connectivity index is 2.04. The average Bonchev–Trinajstić information content (AvgIpc) is 2.63. The molecule has 3 aromatic carbocycles. The lowest BCUT2D eigenvalue weighted by Crippen LogP contribution is -2.32. The van der Waals surface area contributed by atoms with Crippen molar-refractivity contribution >= 4 is 7.94 Å². The van der Waals surface area contributed by atoms with Crippen molar-refractivity contribution in [3.63, 3.8) is 0 Å². The Morgan fingerprint density at radius 2 is 0.769 bits per heavy atom. The van der Waals surface area contributed by atoms with Crippen molar-refractivity contribution in [3.8, 4) is 17.2 Å². The summed E-state index contributed by atoms with van der Waals surface area (Å²) in [6.45, 7) is 6.24. The predicted octanol–water partition coefficient (Wildman–Crippen LogP) is 6.78. The topological polar surface area (TPSA) is 27.7 Å². The summed E-state index contributed by atoms with van der Waals surface area (Å²) in [6.07, 6.45) is 0. The summed E-state index contributed by atoms with van der Waals surface area (Å²) in [5, 5.41) is -0.380. The Labute approximate surface area is 156 Å². The molecular weight excluding hydrogens is 343 g/mol. The first-order valence-electron chi connectivity index (χ1n) is 8.62. The number of hydrogen-bond acceptors (Lipinski definition) is 3. The molecule has 0 heterocycles. The molecule has 0 radical (unpaired) electrons. The van der Waals surface area contributed by atoms with Crippen LogP contribution in [0.5, 0.6) is 17.2 Å². The molecule has 0 aromatic heterocycles. The molecule has 0 aliphatic carbocycles. The fourth-order valence-corrected chi connectivity index (χ4v) is 4.46. The molecule has 0 atom stereocenters. The van der Waals surface area contributed by atoms with Gasteiger partial charge in [-0.1, -0.05) is 54.6 Å². The van der Waals surface area contributed by atoms with Crippen molar-refractivity contribution in [2.24, 2.45) is 0 Å². The summed E-state index contributed by atoms with van der Waals surface area (Å²) in [5.74, 6) is 2.17. The first kappa shape index (κ1) is 18.3. The van der Waals surface area contributed by atoms with E-state index in [0.29, 0.717) is 0 Å². The van der Waals surface area contributed by atoms with Crippen LogP contribution in [0.4, 0.5) is 0 Å². The van der Waals surface area contributed by atoms with Crippen molar-refractivity contribution in [3.05, 3.63) is 91.0 Å². The fraction of sp³-hybridized carbons (Fsp3) is 0.182. The lowest BCUT2D eigenvalue weighted by molar-refractivity contribution is 0.323. The molecule has 0 aliphatic heterocycles. The molecule has 0 spiro atoms. The van der Waals surface area contributed by atoms with Gasteiger partial charge in [0.1, 0.15) is 0 Å². The number of hydrogen-bond donors (Lipinski definition) is 0. The van der Waals surface area contributed by atoms with E-state index in [4.69, 9.17) is 13.6 Å². The van der Waals surface area contributed by atoms with Gasteiger partial charge in [-0.3, -0.25) is 13.6 Å². The SMILES string of the molecule is CC(C)(C)[P+](Oc1ccccc1)(Oc1ccccc1)Oc1ccccc1. The summed E-state index contributed by atoms with van der Waals surface area (Å²) in [5.41, 5.74) is 0. The molecule has 0 fully saturated rings. The molecular formula is C22H24O3P+. The van der Waals surface area contributed by atoms with E-state index < -0.39 is 7.94 Å². The molecule has 3 rings (SSSR count). The molecule has 26 heavy (non-hydrogen) atoms. The van der Waals surface area contributed by atoms with Gasteiger partial charge in [0.15, 0.2) is 22.4 Å². The van der Waals surface area contributed by atoms with Gasteiger partial charge in [-0.05, 0) is 57.2 Å². The minimum Gasteiger partial charge on any atom is -0.271 e. The zero-order chi connectivity index (χ0) is 18.5. The molecule has 0 saturated carbocycles. The lowest BCUT2D eigenvalue weighted by Gasteiger charge is -2.31. The number of rotatable bonds is 6. The second-order valence-electron chi connectivity index (χ2n) is 6.88. The first-order valence-corrected chi connectivity index (χ1v) is 10.2. The van der Waals surface area contributed by atoms with E-state index in [0.717, 1.165) is 17.2 Å². The third kappa shape index (κ3) is 4.36. The summed E-state index contributed by atoms with van der Waals surface area (Å²) in [7, 11) is -2.85. The van der Waals surface area contributed by atoms with Crippen LogP contribution in [0.1, 0.15) is 20.8 Å². The van der Waals surface area contributed by atoms with Gasteiger partial charge in [-0.2, -0.15) is 0 Å². The third-order valence-corrected chi connectivity index (χ3v) is 6.72. The Hall–Kier alpha value is -2.51. The van der Waals surface area contributed by atoms with Gasteiger partial charge >= 0.3 is 7.94 Å². The molecule has 0 aliphatic rings. The van der Waals surface area contributed by atoms with E-state index in [1.807, 2.05) is 91.0 Å². The van der Waals surface area contributed by atoms with Crippen LogP contribution in [0, 0.1) is 0 Å². The van der Waals surface area contributed by atoms with Crippen molar-refractivity contribution in [2.75, 3.05) is 0 Å². The molecule has 4 heteroatoms. The predicted molar refractivity (Wildman–Crippen MR) is 108 cm³/mol. The van der Waals surface area contributed by atoms with Gasteiger partial charge in [0.25, 0.3) is 0 Å². The zero-order valence-electron chi connectivity index (χ0n) is 15.3. The maximum Gasteiger partial charge on any atom is 0.547 e. The Morgan fingerprint density at radius 1 is 0.500 bits per heavy atom. The van der Waals surface area contributed by atoms with E-state index >= 15 is 0 Å². The van der Waals surface area contributed by atoms with Crippen LogP contribution >= 0.6 is 7.94 Å². The third-order valence-electron chi connectivity index (χ3n) is 3.73. The summed E-state index contributed by atoms with van der Waals surface area (Å²) < 4.78 is 19.3. The molecule has 0 unspecified atom stereocenters. The molecule has 0 N–H and O–H groups in total. The van der Waals surface area contributed by atoms with Crippen molar-refractivity contribution in [1.82, 2.24) is 0 Å². The van der Waals surface area contributed by atoms with Crippen LogP contribution in [-0.4, -0.2) is 5.16 Å². The van der Waals surface area contributed by atoms with Crippen LogP contribution in [0.15, 0.2) is 91.0 Å². The molecule has 0 saturated heterocycles. The molecule has 0 bridgehead atoms. The Kier molecular flexibility index (Phi) is 5.49. The molecule has 3 nitrogen and oxygen atoms in total. The van der Waals surface area contributed by atoms with Crippen molar-refractivity contribution in [2.45, 2.75) is 25.9 Å². The zero-order valence-corrected chi connectivity index (χ0v) is 16.2. The highest BCUT2D eigenvalue weighted by molar-refractivity contribution is 7.64. The van der Waals surface area contributed by atoms with Crippen LogP contribution < -0.4 is 13.6 Å². The second-order valence-corrected chi connectivity index (χ2v) is 9.77. The van der Waals surface area contributed by atoms with Crippen molar-refractivity contribution < 1.29 is 13.6 Å². The summed E-state index contributed by atoms with van der Waals surface area (Å²) in [6, 6.07) is 29.0. The monoisotopic (exact) mass is 367 g/mol. The Morgan fingerprint density at radius 3 is 1.00 bits per heavy atom. The second kappa shape index (κ2) is 7.80. The van der Waals surface area contributed by atoms with Gasteiger partial charge in [0.05, 0.1) is 0 Å². The van der Waals surface area contributed by atoms with Crippen LogP contribution in [-0.2, 0) is 0 Å². The number of benzene rings is 3. The van der Waals surface area contributed by atoms with Crippen molar-refractivity contribution in [1.29, 1.82) is 0 Å². The highest BCUT2D eigenvalue weighted by Gasteiger charge is 2.62. The van der Waals surface area contributed by atoms with Crippen LogP contribution in [0.25, 0.3) is 0 Å². The van der Waals surface area contributed by atoms with Crippen LogP contribution in [0.2, 0.25) is 0 Å². The summed E-state index contributed by atoms with van der Waals surface area (Å²) >= 11 is 0. The van der Waals surface area contributed by atoms with E-state index in [1.54, 1.807) is 0 Å². The maximum atomic E-state index is 6.44. The van der Waals surface area contributed by atoms with E-state index in [9.17, 15) is 0 Å². The van der Waals surface area contributed by atoms with E-state index in [1.165, 1.54) is 0 Å². The normalized spacial score (nSPS) is 11.7. The van der Waals surface area contributed by atoms with Gasteiger partial charge in [-0.15, -0.1) is 0 Å². The van der Waals surface area contributed by atoms with Crippen LogP contribution in [0.3, 0.4) is 0 Å². The smallest absolute Gasteiger partial charge is 0.271 e. The molecule has 134 valence electrons. The average molecular weight is 367 g/mol. The van der Waals surface area contributed by atoms with E-state index in [2.05, 4.69) is 20.8 Å².